The number of hydrogen-bond donors (Lipinski definition) is 2. The standard InChI is InChI=1S/C17H25ClN2O3.ClH/c1-10(2)9-23-16-13(18)6-12(7-15(16)22-3)17(21)20-8-14(19)11-4-5-11;/h6-7,10-11,14H,4-5,8-9,19H2,1-3H3,(H,20,21);1H. The lowest BCUT2D eigenvalue weighted by Crippen LogP contribution is -2.38. The predicted molar refractivity (Wildman–Crippen MR) is 98.6 cm³/mol. The summed E-state index contributed by atoms with van der Waals surface area (Å²) in [6.45, 7) is 5.09. The average Bonchev–Trinajstić information content (AvgIpc) is 3.34. The van der Waals surface area contributed by atoms with Gasteiger partial charge in [-0.3, -0.25) is 4.79 Å². The zero-order valence-electron chi connectivity index (χ0n) is 14.3. The van der Waals surface area contributed by atoms with Gasteiger partial charge in [-0.1, -0.05) is 25.4 Å². The third-order valence-electron chi connectivity index (χ3n) is 3.78. The molecule has 0 saturated heterocycles. The van der Waals surface area contributed by atoms with Gasteiger partial charge in [0.15, 0.2) is 11.5 Å². The monoisotopic (exact) mass is 376 g/mol. The van der Waals surface area contributed by atoms with E-state index < -0.39 is 0 Å². The van der Waals surface area contributed by atoms with Crippen LogP contribution >= 0.6 is 24.0 Å². The molecule has 1 saturated carbocycles. The van der Waals surface area contributed by atoms with Crippen molar-refractivity contribution < 1.29 is 14.3 Å². The molecule has 1 unspecified atom stereocenters. The number of methoxy groups -OCH3 is 1. The van der Waals surface area contributed by atoms with Gasteiger partial charge in [0.25, 0.3) is 5.91 Å². The molecule has 1 aromatic rings. The van der Waals surface area contributed by atoms with E-state index >= 15 is 0 Å². The highest BCUT2D eigenvalue weighted by molar-refractivity contribution is 6.32. The first-order valence-electron chi connectivity index (χ1n) is 7.96. The van der Waals surface area contributed by atoms with Gasteiger partial charge in [0.1, 0.15) is 0 Å². The lowest BCUT2D eigenvalue weighted by Gasteiger charge is -2.16. The molecule has 1 aliphatic rings. The predicted octanol–water partition coefficient (Wildman–Crippen LogP) is 3.27. The normalized spacial score (nSPS) is 14.8. The van der Waals surface area contributed by atoms with Crippen molar-refractivity contribution >= 4 is 29.9 Å². The molecule has 0 radical (unpaired) electrons. The van der Waals surface area contributed by atoms with Gasteiger partial charge in [-0.15, -0.1) is 12.4 Å². The summed E-state index contributed by atoms with van der Waals surface area (Å²) in [5.41, 5.74) is 6.43. The number of nitrogens with one attached hydrogen (secondary N) is 1. The van der Waals surface area contributed by atoms with Crippen molar-refractivity contribution in [1.29, 1.82) is 0 Å². The van der Waals surface area contributed by atoms with E-state index in [9.17, 15) is 4.79 Å². The molecule has 24 heavy (non-hydrogen) atoms. The lowest BCUT2D eigenvalue weighted by molar-refractivity contribution is 0.0950. The van der Waals surface area contributed by atoms with Gasteiger partial charge in [0.2, 0.25) is 0 Å². The molecular formula is C17H26Cl2N2O3. The van der Waals surface area contributed by atoms with Gasteiger partial charge < -0.3 is 20.5 Å². The number of halogens is 2. The average molecular weight is 377 g/mol. The Morgan fingerprint density at radius 2 is 2.08 bits per heavy atom. The maximum atomic E-state index is 12.3. The van der Waals surface area contributed by atoms with E-state index in [1.54, 1.807) is 12.1 Å². The molecule has 5 nitrogen and oxygen atoms in total. The van der Waals surface area contributed by atoms with Gasteiger partial charge in [-0.25, -0.2) is 0 Å². The zero-order chi connectivity index (χ0) is 17.0. The summed E-state index contributed by atoms with van der Waals surface area (Å²) >= 11 is 6.25. The minimum absolute atomic E-state index is 0. The van der Waals surface area contributed by atoms with Crippen LogP contribution in [0.3, 0.4) is 0 Å². The van der Waals surface area contributed by atoms with Crippen molar-refractivity contribution in [2.24, 2.45) is 17.6 Å². The van der Waals surface area contributed by atoms with Gasteiger partial charge >= 0.3 is 0 Å². The Kier molecular flexibility index (Phi) is 8.13. The number of hydrogen-bond acceptors (Lipinski definition) is 4. The number of nitrogens with two attached hydrogens (primary N) is 1. The van der Waals surface area contributed by atoms with E-state index in [1.165, 1.54) is 7.11 Å². The van der Waals surface area contributed by atoms with Crippen molar-refractivity contribution in [3.05, 3.63) is 22.7 Å². The molecule has 1 atom stereocenters. The van der Waals surface area contributed by atoms with Crippen LogP contribution in [0.4, 0.5) is 0 Å². The number of amides is 1. The maximum absolute atomic E-state index is 12.3. The second kappa shape index (κ2) is 9.35. The number of carbonyl (C=O) groups excluding carboxylic acids is 1. The Bertz CT molecular complexity index is 563. The topological polar surface area (TPSA) is 73.6 Å². The van der Waals surface area contributed by atoms with Gasteiger partial charge in [-0.05, 0) is 36.8 Å². The summed E-state index contributed by atoms with van der Waals surface area (Å²) < 4.78 is 11.0. The van der Waals surface area contributed by atoms with Crippen molar-refractivity contribution in [3.8, 4) is 11.5 Å². The summed E-state index contributed by atoms with van der Waals surface area (Å²) in [5, 5.41) is 3.21. The molecule has 0 aromatic heterocycles. The SMILES string of the molecule is COc1cc(C(=O)NCC(N)C2CC2)cc(Cl)c1OCC(C)C.Cl. The molecule has 1 aromatic carbocycles. The fourth-order valence-corrected chi connectivity index (χ4v) is 2.51. The summed E-state index contributed by atoms with van der Waals surface area (Å²) in [6, 6.07) is 3.25. The van der Waals surface area contributed by atoms with E-state index in [2.05, 4.69) is 5.32 Å². The Labute approximate surface area is 154 Å². The first kappa shape index (κ1) is 20.9. The van der Waals surface area contributed by atoms with Crippen LogP contribution in [0.1, 0.15) is 37.0 Å². The second-order valence-corrected chi connectivity index (χ2v) is 6.81. The van der Waals surface area contributed by atoms with E-state index in [1.807, 2.05) is 13.8 Å². The van der Waals surface area contributed by atoms with Gasteiger partial charge in [-0.2, -0.15) is 0 Å². The third-order valence-corrected chi connectivity index (χ3v) is 4.06. The van der Waals surface area contributed by atoms with Crippen LogP contribution in [0.15, 0.2) is 12.1 Å². The summed E-state index contributed by atoms with van der Waals surface area (Å²) in [6.07, 6.45) is 2.30. The Hall–Kier alpha value is -1.17. The second-order valence-electron chi connectivity index (χ2n) is 6.41. The molecule has 2 rings (SSSR count). The van der Waals surface area contributed by atoms with Crippen molar-refractivity contribution in [3.63, 3.8) is 0 Å². The fraction of sp³-hybridized carbons (Fsp3) is 0.588. The van der Waals surface area contributed by atoms with E-state index in [-0.39, 0.29) is 24.4 Å². The molecule has 1 aliphatic carbocycles. The van der Waals surface area contributed by atoms with Crippen LogP contribution in [-0.2, 0) is 0 Å². The molecule has 3 N–H and O–H groups in total. The van der Waals surface area contributed by atoms with E-state index in [0.717, 1.165) is 12.8 Å². The molecule has 0 spiro atoms. The van der Waals surface area contributed by atoms with Crippen molar-refractivity contribution in [2.45, 2.75) is 32.7 Å². The number of benzene rings is 1. The lowest BCUT2D eigenvalue weighted by atomic mass is 10.1. The smallest absolute Gasteiger partial charge is 0.251 e. The summed E-state index contributed by atoms with van der Waals surface area (Å²) in [5.74, 6) is 1.61. The molecule has 136 valence electrons. The number of rotatable bonds is 8. The first-order chi connectivity index (χ1) is 10.9. The Balaban J connectivity index is 0.00000288. The van der Waals surface area contributed by atoms with Crippen LogP contribution in [0.5, 0.6) is 11.5 Å². The zero-order valence-corrected chi connectivity index (χ0v) is 15.9. The minimum Gasteiger partial charge on any atom is -0.493 e. The van der Waals surface area contributed by atoms with Gasteiger partial charge in [0, 0.05) is 18.2 Å². The van der Waals surface area contributed by atoms with Crippen molar-refractivity contribution in [1.82, 2.24) is 5.32 Å². The first-order valence-corrected chi connectivity index (χ1v) is 8.34. The van der Waals surface area contributed by atoms with Gasteiger partial charge in [0.05, 0.1) is 18.7 Å². The molecular weight excluding hydrogens is 351 g/mol. The fourth-order valence-electron chi connectivity index (χ4n) is 2.24. The highest BCUT2D eigenvalue weighted by Gasteiger charge is 2.28. The molecule has 0 heterocycles. The third kappa shape index (κ3) is 5.72. The number of ether oxygens (including phenoxy) is 2. The molecule has 0 bridgehead atoms. The molecule has 0 aliphatic heterocycles. The van der Waals surface area contributed by atoms with Crippen LogP contribution < -0.4 is 20.5 Å². The minimum atomic E-state index is -0.211. The summed E-state index contributed by atoms with van der Waals surface area (Å²) in [7, 11) is 1.53. The van der Waals surface area contributed by atoms with Crippen LogP contribution in [-0.4, -0.2) is 32.2 Å². The quantitative estimate of drug-likeness (QED) is 0.729. The molecule has 7 heteroatoms. The highest BCUT2D eigenvalue weighted by Crippen LogP contribution is 2.36. The van der Waals surface area contributed by atoms with Crippen molar-refractivity contribution in [2.75, 3.05) is 20.3 Å². The molecule has 1 amide bonds. The summed E-state index contributed by atoms with van der Waals surface area (Å²) in [4.78, 5) is 12.3. The largest absolute Gasteiger partial charge is 0.493 e. The van der Waals surface area contributed by atoms with Crippen LogP contribution in [0.25, 0.3) is 0 Å². The Morgan fingerprint density at radius 3 is 2.62 bits per heavy atom. The van der Waals surface area contributed by atoms with Crippen LogP contribution in [0.2, 0.25) is 5.02 Å². The Morgan fingerprint density at radius 1 is 1.42 bits per heavy atom. The number of carbonyl (C=O) groups is 1. The van der Waals surface area contributed by atoms with E-state index in [4.69, 9.17) is 26.8 Å². The highest BCUT2D eigenvalue weighted by atomic mass is 35.5. The van der Waals surface area contributed by atoms with E-state index in [0.29, 0.717) is 47.1 Å². The molecule has 1 fully saturated rings. The van der Waals surface area contributed by atoms with Crippen LogP contribution in [0, 0.1) is 11.8 Å². The maximum Gasteiger partial charge on any atom is 0.251 e.